The molecule has 2 aromatic carbocycles. The van der Waals surface area contributed by atoms with Crippen LogP contribution in [-0.2, 0) is 6.42 Å². The number of ether oxygens (including phenoxy) is 1. The number of aromatic nitrogens is 1. The lowest BCUT2D eigenvalue weighted by atomic mass is 10.1. The summed E-state index contributed by atoms with van der Waals surface area (Å²) in [5.41, 5.74) is 2.82. The summed E-state index contributed by atoms with van der Waals surface area (Å²) in [6.45, 7) is 0.662. The third-order valence-electron chi connectivity index (χ3n) is 4.00. The number of nitrogens with one attached hydrogen (secondary N) is 2. The van der Waals surface area contributed by atoms with E-state index in [1.54, 1.807) is 61.8 Å². The van der Waals surface area contributed by atoms with Crippen LogP contribution in [0.3, 0.4) is 0 Å². The van der Waals surface area contributed by atoms with Gasteiger partial charge in [0, 0.05) is 24.1 Å². The zero-order valence-corrected chi connectivity index (χ0v) is 14.9. The molecule has 0 bridgehead atoms. The number of methoxy groups -OCH3 is 1. The van der Waals surface area contributed by atoms with Gasteiger partial charge in [0.2, 0.25) is 0 Å². The second-order valence-electron chi connectivity index (χ2n) is 5.92. The molecule has 0 radical (unpaired) electrons. The highest BCUT2D eigenvalue weighted by molar-refractivity contribution is 6.03. The van der Waals surface area contributed by atoms with E-state index in [-0.39, 0.29) is 11.7 Å². The third kappa shape index (κ3) is 5.28. The Hall–Kier alpha value is -3.41. The molecule has 1 heterocycles. The molecule has 0 spiro atoms. The predicted molar refractivity (Wildman–Crippen MR) is 104 cm³/mol. The standard InChI is InChI=1S/C21H20FN3O2/c1-27-19-8-6-17(7-9-19)25-21(26)20-14-18(11-13-24-20)23-12-10-15-2-4-16(22)5-3-15/h2-9,11,13-14H,10,12H2,1H3,(H,23,24)(H,25,26). The highest BCUT2D eigenvalue weighted by Crippen LogP contribution is 2.16. The summed E-state index contributed by atoms with van der Waals surface area (Å²) in [6, 6.07) is 17.0. The summed E-state index contributed by atoms with van der Waals surface area (Å²) in [7, 11) is 1.59. The van der Waals surface area contributed by atoms with Crippen molar-refractivity contribution in [1.29, 1.82) is 0 Å². The van der Waals surface area contributed by atoms with Crippen molar-refractivity contribution in [2.75, 3.05) is 24.3 Å². The van der Waals surface area contributed by atoms with Crippen molar-refractivity contribution < 1.29 is 13.9 Å². The van der Waals surface area contributed by atoms with Gasteiger partial charge in [0.1, 0.15) is 17.3 Å². The number of anilines is 2. The zero-order chi connectivity index (χ0) is 19.1. The Labute approximate surface area is 157 Å². The number of carbonyl (C=O) groups excluding carboxylic acids is 1. The van der Waals surface area contributed by atoms with Crippen LogP contribution in [-0.4, -0.2) is 24.5 Å². The molecular formula is C21H20FN3O2. The van der Waals surface area contributed by atoms with Gasteiger partial charge in [-0.05, 0) is 60.5 Å². The average Bonchev–Trinajstić information content (AvgIpc) is 2.70. The molecule has 2 N–H and O–H groups in total. The van der Waals surface area contributed by atoms with Crippen molar-refractivity contribution in [2.24, 2.45) is 0 Å². The maximum absolute atomic E-state index is 12.9. The van der Waals surface area contributed by atoms with Crippen molar-refractivity contribution in [3.05, 3.63) is 83.9 Å². The van der Waals surface area contributed by atoms with Crippen LogP contribution in [0.25, 0.3) is 0 Å². The summed E-state index contributed by atoms with van der Waals surface area (Å²) in [6.07, 6.45) is 2.33. The van der Waals surface area contributed by atoms with Gasteiger partial charge < -0.3 is 15.4 Å². The van der Waals surface area contributed by atoms with Crippen molar-refractivity contribution >= 4 is 17.3 Å². The minimum absolute atomic E-state index is 0.242. The number of benzene rings is 2. The Morgan fingerprint density at radius 2 is 1.78 bits per heavy atom. The van der Waals surface area contributed by atoms with Crippen LogP contribution in [0.15, 0.2) is 66.9 Å². The third-order valence-corrected chi connectivity index (χ3v) is 4.00. The Bertz CT molecular complexity index is 896. The largest absolute Gasteiger partial charge is 0.497 e. The fourth-order valence-corrected chi connectivity index (χ4v) is 2.54. The summed E-state index contributed by atoms with van der Waals surface area (Å²) >= 11 is 0. The van der Waals surface area contributed by atoms with Crippen molar-refractivity contribution in [3.8, 4) is 5.75 Å². The molecule has 0 saturated carbocycles. The molecular weight excluding hydrogens is 345 g/mol. The van der Waals surface area contributed by atoms with Gasteiger partial charge in [-0.2, -0.15) is 0 Å². The molecule has 3 rings (SSSR count). The number of hydrogen-bond acceptors (Lipinski definition) is 4. The van der Waals surface area contributed by atoms with Crippen LogP contribution in [0.4, 0.5) is 15.8 Å². The summed E-state index contributed by atoms with van der Waals surface area (Å²) in [5, 5.41) is 6.06. The minimum Gasteiger partial charge on any atom is -0.497 e. The van der Waals surface area contributed by atoms with Gasteiger partial charge in [-0.15, -0.1) is 0 Å². The topological polar surface area (TPSA) is 63.2 Å². The number of halogens is 1. The normalized spacial score (nSPS) is 10.3. The molecule has 6 heteroatoms. The Balaban J connectivity index is 1.57. The SMILES string of the molecule is COc1ccc(NC(=O)c2cc(NCCc3ccc(F)cc3)ccn2)cc1. The first-order valence-corrected chi connectivity index (χ1v) is 8.54. The van der Waals surface area contributed by atoms with Crippen molar-refractivity contribution in [2.45, 2.75) is 6.42 Å². The lowest BCUT2D eigenvalue weighted by Gasteiger charge is -2.09. The molecule has 0 aliphatic carbocycles. The van der Waals surface area contributed by atoms with Gasteiger partial charge in [0.05, 0.1) is 7.11 Å². The minimum atomic E-state index is -0.289. The van der Waals surface area contributed by atoms with E-state index in [1.807, 2.05) is 0 Å². The van der Waals surface area contributed by atoms with Crippen LogP contribution < -0.4 is 15.4 Å². The van der Waals surface area contributed by atoms with E-state index in [1.165, 1.54) is 12.1 Å². The lowest BCUT2D eigenvalue weighted by molar-refractivity contribution is 0.102. The molecule has 1 amide bonds. The molecule has 1 aromatic heterocycles. The van der Waals surface area contributed by atoms with E-state index in [9.17, 15) is 9.18 Å². The molecule has 5 nitrogen and oxygen atoms in total. The Kier molecular flexibility index (Phi) is 5.99. The zero-order valence-electron chi connectivity index (χ0n) is 14.9. The van der Waals surface area contributed by atoms with Crippen molar-refractivity contribution in [3.63, 3.8) is 0 Å². The summed E-state index contributed by atoms with van der Waals surface area (Å²) in [5.74, 6) is 0.189. The van der Waals surface area contributed by atoms with Crippen LogP contribution in [0.2, 0.25) is 0 Å². The molecule has 138 valence electrons. The summed E-state index contributed by atoms with van der Waals surface area (Å²) < 4.78 is 18.0. The van der Waals surface area contributed by atoms with Crippen molar-refractivity contribution in [1.82, 2.24) is 4.98 Å². The molecule has 0 saturated heterocycles. The maximum atomic E-state index is 12.9. The van der Waals surface area contributed by atoms with E-state index in [2.05, 4.69) is 15.6 Å². The Morgan fingerprint density at radius 3 is 2.48 bits per heavy atom. The first kappa shape index (κ1) is 18.4. The second kappa shape index (κ2) is 8.80. The van der Waals surface area contributed by atoms with Gasteiger partial charge in [-0.3, -0.25) is 9.78 Å². The highest BCUT2D eigenvalue weighted by atomic mass is 19.1. The quantitative estimate of drug-likeness (QED) is 0.661. The van der Waals surface area contributed by atoms with E-state index in [4.69, 9.17) is 4.74 Å². The number of amides is 1. The van der Waals surface area contributed by atoms with E-state index >= 15 is 0 Å². The fraction of sp³-hybridized carbons (Fsp3) is 0.143. The molecule has 0 fully saturated rings. The molecule has 3 aromatic rings. The first-order valence-electron chi connectivity index (χ1n) is 8.54. The van der Waals surface area contributed by atoms with Gasteiger partial charge in [-0.1, -0.05) is 12.1 Å². The molecule has 0 unspecified atom stereocenters. The predicted octanol–water partition coefficient (Wildman–Crippen LogP) is 4.14. The van der Waals surface area contributed by atoms with Crippen LogP contribution in [0.1, 0.15) is 16.1 Å². The monoisotopic (exact) mass is 365 g/mol. The fourth-order valence-electron chi connectivity index (χ4n) is 2.54. The van der Waals surface area contributed by atoms with Gasteiger partial charge >= 0.3 is 0 Å². The average molecular weight is 365 g/mol. The number of rotatable bonds is 7. The first-order chi connectivity index (χ1) is 13.1. The summed E-state index contributed by atoms with van der Waals surface area (Å²) in [4.78, 5) is 16.5. The van der Waals surface area contributed by atoms with Gasteiger partial charge in [0.15, 0.2) is 0 Å². The number of pyridine rings is 1. The van der Waals surface area contributed by atoms with Crippen LogP contribution in [0.5, 0.6) is 5.75 Å². The van der Waals surface area contributed by atoms with E-state index in [0.717, 1.165) is 23.4 Å². The smallest absolute Gasteiger partial charge is 0.274 e. The Morgan fingerprint density at radius 1 is 1.04 bits per heavy atom. The molecule has 0 aliphatic heterocycles. The van der Waals surface area contributed by atoms with Gasteiger partial charge in [-0.25, -0.2) is 4.39 Å². The molecule has 27 heavy (non-hydrogen) atoms. The van der Waals surface area contributed by atoms with E-state index < -0.39 is 0 Å². The number of hydrogen-bond donors (Lipinski definition) is 2. The molecule has 0 atom stereocenters. The van der Waals surface area contributed by atoms with Crippen LogP contribution >= 0.6 is 0 Å². The van der Waals surface area contributed by atoms with Gasteiger partial charge in [0.25, 0.3) is 5.91 Å². The molecule has 0 aliphatic rings. The van der Waals surface area contributed by atoms with Crippen LogP contribution in [0, 0.1) is 5.82 Å². The second-order valence-corrected chi connectivity index (χ2v) is 5.92. The maximum Gasteiger partial charge on any atom is 0.274 e. The lowest BCUT2D eigenvalue weighted by Crippen LogP contribution is -2.14. The van der Waals surface area contributed by atoms with E-state index in [0.29, 0.717) is 17.9 Å². The highest BCUT2D eigenvalue weighted by Gasteiger charge is 2.08. The number of carbonyl (C=O) groups is 1. The number of nitrogens with zero attached hydrogens (tertiary/aromatic N) is 1.